The smallest absolute Gasteiger partial charge is 0.340 e. The molecule has 0 saturated heterocycles. The Labute approximate surface area is 156 Å². The first-order chi connectivity index (χ1) is 12.5. The maximum atomic E-state index is 12.3. The topological polar surface area (TPSA) is 60.3 Å². The standard InChI is InChI=1S/C20H19ClN2O3/c1-23-12-17(16-4-2-3-5-18(16)23)20(25)26-13-19(24)22-11-10-14-6-8-15(21)9-7-14/h2-9,12H,10-11,13H2,1H3,(H,22,24). The van der Waals surface area contributed by atoms with E-state index in [4.69, 9.17) is 16.3 Å². The highest BCUT2D eigenvalue weighted by Gasteiger charge is 2.16. The minimum absolute atomic E-state index is 0.303. The number of halogens is 1. The van der Waals surface area contributed by atoms with Crippen molar-refractivity contribution in [3.63, 3.8) is 0 Å². The van der Waals surface area contributed by atoms with Crippen LogP contribution in [0.1, 0.15) is 15.9 Å². The van der Waals surface area contributed by atoms with Crippen molar-refractivity contribution in [2.24, 2.45) is 7.05 Å². The molecule has 0 fully saturated rings. The van der Waals surface area contributed by atoms with Gasteiger partial charge in [-0.2, -0.15) is 0 Å². The first kappa shape index (κ1) is 18.0. The third-order valence-corrected chi connectivity index (χ3v) is 4.35. The van der Waals surface area contributed by atoms with Crippen molar-refractivity contribution < 1.29 is 14.3 Å². The lowest BCUT2D eigenvalue weighted by molar-refractivity contribution is -0.124. The molecule has 134 valence electrons. The van der Waals surface area contributed by atoms with Gasteiger partial charge in [0.2, 0.25) is 0 Å². The summed E-state index contributed by atoms with van der Waals surface area (Å²) in [4.78, 5) is 24.2. The van der Waals surface area contributed by atoms with Crippen LogP contribution in [0.3, 0.4) is 0 Å². The number of aromatic nitrogens is 1. The molecule has 0 aliphatic rings. The minimum atomic E-state index is -0.505. The third kappa shape index (κ3) is 4.24. The number of rotatable bonds is 6. The first-order valence-corrected chi connectivity index (χ1v) is 8.65. The van der Waals surface area contributed by atoms with Gasteiger partial charge in [-0.25, -0.2) is 4.79 Å². The minimum Gasteiger partial charge on any atom is -0.452 e. The van der Waals surface area contributed by atoms with E-state index in [9.17, 15) is 9.59 Å². The largest absolute Gasteiger partial charge is 0.452 e. The van der Waals surface area contributed by atoms with E-state index in [0.717, 1.165) is 16.5 Å². The van der Waals surface area contributed by atoms with Crippen LogP contribution in [0.2, 0.25) is 5.02 Å². The molecule has 0 aliphatic carbocycles. The number of hydrogen-bond acceptors (Lipinski definition) is 3. The SMILES string of the molecule is Cn1cc(C(=O)OCC(=O)NCCc2ccc(Cl)cc2)c2ccccc21. The molecule has 0 radical (unpaired) electrons. The number of nitrogens with one attached hydrogen (secondary N) is 1. The molecule has 0 saturated carbocycles. The Morgan fingerprint density at radius 1 is 1.12 bits per heavy atom. The second kappa shape index (κ2) is 8.06. The van der Waals surface area contributed by atoms with E-state index in [1.54, 1.807) is 6.20 Å². The van der Waals surface area contributed by atoms with Crippen molar-refractivity contribution in [2.45, 2.75) is 6.42 Å². The normalized spacial score (nSPS) is 10.7. The number of esters is 1. The van der Waals surface area contributed by atoms with E-state index in [1.807, 2.05) is 60.1 Å². The Morgan fingerprint density at radius 2 is 1.85 bits per heavy atom. The van der Waals surface area contributed by atoms with Gasteiger partial charge in [0.05, 0.1) is 5.56 Å². The fourth-order valence-corrected chi connectivity index (χ4v) is 2.89. The van der Waals surface area contributed by atoms with Gasteiger partial charge in [0.15, 0.2) is 6.61 Å². The molecule has 1 heterocycles. The van der Waals surface area contributed by atoms with E-state index in [2.05, 4.69) is 5.32 Å². The van der Waals surface area contributed by atoms with E-state index in [1.165, 1.54) is 0 Å². The number of carbonyl (C=O) groups is 2. The van der Waals surface area contributed by atoms with Crippen LogP contribution < -0.4 is 5.32 Å². The number of aryl methyl sites for hydroxylation is 1. The van der Waals surface area contributed by atoms with Gasteiger partial charge in [-0.3, -0.25) is 4.79 Å². The molecule has 26 heavy (non-hydrogen) atoms. The summed E-state index contributed by atoms with van der Waals surface area (Å²) in [6.45, 7) is 0.162. The number of para-hydroxylation sites is 1. The second-order valence-corrected chi connectivity index (χ2v) is 6.41. The zero-order chi connectivity index (χ0) is 18.5. The molecule has 0 unspecified atom stereocenters. The lowest BCUT2D eigenvalue weighted by Gasteiger charge is -2.06. The maximum absolute atomic E-state index is 12.3. The van der Waals surface area contributed by atoms with Gasteiger partial charge >= 0.3 is 5.97 Å². The predicted octanol–water partition coefficient (Wildman–Crippen LogP) is 3.35. The zero-order valence-electron chi connectivity index (χ0n) is 14.4. The summed E-state index contributed by atoms with van der Waals surface area (Å²) in [6, 6.07) is 15.0. The van der Waals surface area contributed by atoms with Gasteiger partial charge in [0.25, 0.3) is 5.91 Å². The Kier molecular flexibility index (Phi) is 5.58. The maximum Gasteiger partial charge on any atom is 0.340 e. The van der Waals surface area contributed by atoms with Gasteiger partial charge < -0.3 is 14.6 Å². The molecule has 0 atom stereocenters. The van der Waals surface area contributed by atoms with Crippen LogP contribution in [0.15, 0.2) is 54.7 Å². The average Bonchev–Trinajstić information content (AvgIpc) is 2.99. The highest BCUT2D eigenvalue weighted by molar-refractivity contribution is 6.30. The van der Waals surface area contributed by atoms with E-state index in [-0.39, 0.29) is 12.5 Å². The molecule has 3 rings (SSSR count). The summed E-state index contributed by atoms with van der Waals surface area (Å²) in [5, 5.41) is 4.23. The van der Waals surface area contributed by atoms with Crippen LogP contribution in [-0.4, -0.2) is 29.6 Å². The van der Waals surface area contributed by atoms with E-state index < -0.39 is 5.97 Å². The number of amides is 1. The molecule has 1 N–H and O–H groups in total. The van der Waals surface area contributed by atoms with Crippen molar-refractivity contribution in [1.82, 2.24) is 9.88 Å². The summed E-state index contributed by atoms with van der Waals surface area (Å²) in [6.07, 6.45) is 2.39. The average molecular weight is 371 g/mol. The Hall–Kier alpha value is -2.79. The lowest BCUT2D eigenvalue weighted by atomic mass is 10.1. The van der Waals surface area contributed by atoms with Crippen LogP contribution in [0.5, 0.6) is 0 Å². The van der Waals surface area contributed by atoms with Crippen LogP contribution in [-0.2, 0) is 23.0 Å². The summed E-state index contributed by atoms with van der Waals surface area (Å²) in [5.74, 6) is -0.831. The molecule has 3 aromatic rings. The van der Waals surface area contributed by atoms with Gasteiger partial charge in [0, 0.05) is 35.7 Å². The molecule has 0 spiro atoms. The Morgan fingerprint density at radius 3 is 2.62 bits per heavy atom. The number of hydrogen-bond donors (Lipinski definition) is 1. The molecular formula is C20H19ClN2O3. The van der Waals surface area contributed by atoms with Crippen LogP contribution in [0, 0.1) is 0 Å². The fraction of sp³-hybridized carbons (Fsp3) is 0.200. The molecule has 6 heteroatoms. The summed E-state index contributed by atoms with van der Waals surface area (Å²) in [5.41, 5.74) is 2.46. The predicted molar refractivity (Wildman–Crippen MR) is 101 cm³/mol. The molecule has 5 nitrogen and oxygen atoms in total. The summed E-state index contributed by atoms with van der Waals surface area (Å²) in [7, 11) is 1.86. The van der Waals surface area contributed by atoms with Crippen LogP contribution >= 0.6 is 11.6 Å². The zero-order valence-corrected chi connectivity index (χ0v) is 15.1. The van der Waals surface area contributed by atoms with Crippen molar-refractivity contribution in [2.75, 3.05) is 13.2 Å². The highest BCUT2D eigenvalue weighted by atomic mass is 35.5. The molecule has 0 bridgehead atoms. The van der Waals surface area contributed by atoms with Gasteiger partial charge in [0.1, 0.15) is 0 Å². The number of benzene rings is 2. The molecule has 1 aromatic heterocycles. The number of fused-ring (bicyclic) bond motifs is 1. The third-order valence-electron chi connectivity index (χ3n) is 4.10. The molecular weight excluding hydrogens is 352 g/mol. The first-order valence-electron chi connectivity index (χ1n) is 8.27. The number of ether oxygens (including phenoxy) is 1. The van der Waals surface area contributed by atoms with E-state index >= 15 is 0 Å². The van der Waals surface area contributed by atoms with Gasteiger partial charge in [-0.1, -0.05) is 41.9 Å². The second-order valence-electron chi connectivity index (χ2n) is 5.97. The van der Waals surface area contributed by atoms with Gasteiger partial charge in [-0.05, 0) is 30.2 Å². The van der Waals surface area contributed by atoms with Crippen molar-refractivity contribution in [1.29, 1.82) is 0 Å². The Bertz CT molecular complexity index is 932. The van der Waals surface area contributed by atoms with E-state index in [0.29, 0.717) is 23.6 Å². The molecule has 0 aliphatic heterocycles. The van der Waals surface area contributed by atoms with Crippen molar-refractivity contribution in [3.05, 3.63) is 70.9 Å². The lowest BCUT2D eigenvalue weighted by Crippen LogP contribution is -2.30. The van der Waals surface area contributed by atoms with Crippen molar-refractivity contribution in [3.8, 4) is 0 Å². The van der Waals surface area contributed by atoms with Crippen LogP contribution in [0.4, 0.5) is 0 Å². The van der Waals surface area contributed by atoms with Gasteiger partial charge in [-0.15, -0.1) is 0 Å². The Balaban J connectivity index is 1.49. The fourth-order valence-electron chi connectivity index (χ4n) is 2.76. The summed E-state index contributed by atoms with van der Waals surface area (Å²) < 4.78 is 7.01. The molecule has 2 aromatic carbocycles. The monoisotopic (exact) mass is 370 g/mol. The summed E-state index contributed by atoms with van der Waals surface area (Å²) >= 11 is 5.84. The number of carbonyl (C=O) groups excluding carboxylic acids is 2. The number of nitrogens with zero attached hydrogens (tertiary/aromatic N) is 1. The highest BCUT2D eigenvalue weighted by Crippen LogP contribution is 2.20. The van der Waals surface area contributed by atoms with Crippen LogP contribution in [0.25, 0.3) is 10.9 Å². The van der Waals surface area contributed by atoms with Crippen molar-refractivity contribution >= 4 is 34.4 Å². The molecule has 1 amide bonds. The quantitative estimate of drug-likeness (QED) is 0.677.